The van der Waals surface area contributed by atoms with Gasteiger partial charge in [0.05, 0.1) is 12.0 Å². The Hall–Kier alpha value is -1.86. The SMILES string of the molecule is COc1ccc(C(=O)N2CC(C)NCC2C)cc1[N+](=O)[O-].Cl. The Balaban J connectivity index is 0.00000242. The molecule has 1 aromatic carbocycles. The number of methoxy groups -OCH3 is 1. The second-order valence-electron chi connectivity index (χ2n) is 5.26. The van der Waals surface area contributed by atoms with Crippen LogP contribution in [0.5, 0.6) is 5.75 Å². The first-order chi connectivity index (χ1) is 9.93. The molecule has 2 atom stereocenters. The fraction of sp³-hybridized carbons (Fsp3) is 0.500. The Morgan fingerprint density at radius 2 is 2.14 bits per heavy atom. The molecule has 2 rings (SSSR count). The predicted molar refractivity (Wildman–Crippen MR) is 84.9 cm³/mol. The molecule has 1 amide bonds. The Labute approximate surface area is 135 Å². The molecule has 0 aromatic heterocycles. The van der Waals surface area contributed by atoms with Gasteiger partial charge in [-0.1, -0.05) is 0 Å². The van der Waals surface area contributed by atoms with E-state index in [4.69, 9.17) is 4.74 Å². The molecule has 122 valence electrons. The van der Waals surface area contributed by atoms with Crippen molar-refractivity contribution in [1.82, 2.24) is 10.2 Å². The summed E-state index contributed by atoms with van der Waals surface area (Å²) in [6.07, 6.45) is 0. The molecule has 0 radical (unpaired) electrons. The van der Waals surface area contributed by atoms with E-state index in [1.165, 1.54) is 19.2 Å². The summed E-state index contributed by atoms with van der Waals surface area (Å²) in [4.78, 5) is 24.8. The topological polar surface area (TPSA) is 84.7 Å². The van der Waals surface area contributed by atoms with Gasteiger partial charge in [-0.05, 0) is 26.0 Å². The Morgan fingerprint density at radius 3 is 2.73 bits per heavy atom. The summed E-state index contributed by atoms with van der Waals surface area (Å²) in [6, 6.07) is 4.56. The second kappa shape index (κ2) is 7.42. The number of nitrogens with zero attached hydrogens (tertiary/aromatic N) is 2. The van der Waals surface area contributed by atoms with Crippen molar-refractivity contribution in [1.29, 1.82) is 0 Å². The van der Waals surface area contributed by atoms with Gasteiger partial charge < -0.3 is 15.0 Å². The molecule has 8 heteroatoms. The zero-order valence-electron chi connectivity index (χ0n) is 12.7. The van der Waals surface area contributed by atoms with Gasteiger partial charge in [0.1, 0.15) is 0 Å². The lowest BCUT2D eigenvalue weighted by Crippen LogP contribution is -2.56. The summed E-state index contributed by atoms with van der Waals surface area (Å²) < 4.78 is 4.95. The molecule has 1 fully saturated rings. The van der Waals surface area contributed by atoms with Crippen molar-refractivity contribution in [2.75, 3.05) is 20.2 Å². The number of nitro benzene ring substituents is 1. The monoisotopic (exact) mass is 329 g/mol. The molecule has 0 bridgehead atoms. The largest absolute Gasteiger partial charge is 0.490 e. The van der Waals surface area contributed by atoms with Crippen LogP contribution in [0.15, 0.2) is 18.2 Å². The number of piperazine rings is 1. The molecule has 1 heterocycles. The molecule has 1 saturated heterocycles. The summed E-state index contributed by atoms with van der Waals surface area (Å²) in [5, 5.41) is 14.3. The smallest absolute Gasteiger partial charge is 0.311 e. The lowest BCUT2D eigenvalue weighted by Gasteiger charge is -2.37. The van der Waals surface area contributed by atoms with Gasteiger partial charge in [-0.2, -0.15) is 0 Å². The number of carbonyl (C=O) groups is 1. The van der Waals surface area contributed by atoms with Gasteiger partial charge in [0.2, 0.25) is 0 Å². The van der Waals surface area contributed by atoms with Crippen molar-refractivity contribution < 1.29 is 14.5 Å². The van der Waals surface area contributed by atoms with Crippen LogP contribution in [0, 0.1) is 10.1 Å². The van der Waals surface area contributed by atoms with Gasteiger partial charge in [-0.3, -0.25) is 14.9 Å². The number of amides is 1. The number of nitrogens with one attached hydrogen (secondary N) is 1. The highest BCUT2D eigenvalue weighted by atomic mass is 35.5. The lowest BCUT2D eigenvalue weighted by molar-refractivity contribution is -0.385. The van der Waals surface area contributed by atoms with Crippen molar-refractivity contribution in [3.63, 3.8) is 0 Å². The van der Waals surface area contributed by atoms with Crippen LogP contribution in [0.25, 0.3) is 0 Å². The van der Waals surface area contributed by atoms with Crippen LogP contribution in [0.1, 0.15) is 24.2 Å². The van der Waals surface area contributed by atoms with E-state index in [1.807, 2.05) is 13.8 Å². The standard InChI is InChI=1S/C14H19N3O4.ClH/c1-9-8-16(10(2)7-15-9)14(18)11-4-5-13(21-3)12(6-11)17(19)20;/h4-6,9-10,15H,7-8H2,1-3H3;1H. The Morgan fingerprint density at radius 1 is 1.45 bits per heavy atom. The van der Waals surface area contributed by atoms with Gasteiger partial charge in [-0.15, -0.1) is 12.4 Å². The zero-order chi connectivity index (χ0) is 15.6. The first-order valence-corrected chi connectivity index (χ1v) is 6.80. The maximum atomic E-state index is 12.6. The number of hydrogen-bond acceptors (Lipinski definition) is 5. The molecule has 2 unspecified atom stereocenters. The first kappa shape index (κ1) is 18.2. The van der Waals surface area contributed by atoms with Gasteiger partial charge >= 0.3 is 5.69 Å². The van der Waals surface area contributed by atoms with Gasteiger partial charge in [0.15, 0.2) is 5.75 Å². The number of hydrogen-bond donors (Lipinski definition) is 1. The van der Waals surface area contributed by atoms with E-state index in [2.05, 4.69) is 5.32 Å². The minimum Gasteiger partial charge on any atom is -0.490 e. The summed E-state index contributed by atoms with van der Waals surface area (Å²) >= 11 is 0. The summed E-state index contributed by atoms with van der Waals surface area (Å²) in [5.41, 5.74) is 0.114. The first-order valence-electron chi connectivity index (χ1n) is 6.80. The van der Waals surface area contributed by atoms with Crippen LogP contribution >= 0.6 is 12.4 Å². The van der Waals surface area contributed by atoms with E-state index >= 15 is 0 Å². The van der Waals surface area contributed by atoms with E-state index in [1.54, 1.807) is 11.0 Å². The molecule has 1 N–H and O–H groups in total. The van der Waals surface area contributed by atoms with Crippen molar-refractivity contribution in [2.24, 2.45) is 0 Å². The maximum absolute atomic E-state index is 12.6. The number of halogens is 1. The molecular formula is C14H20ClN3O4. The Kier molecular flexibility index (Phi) is 6.13. The quantitative estimate of drug-likeness (QED) is 0.675. The third-order valence-electron chi connectivity index (χ3n) is 3.65. The molecule has 7 nitrogen and oxygen atoms in total. The van der Waals surface area contributed by atoms with E-state index in [0.29, 0.717) is 18.7 Å². The summed E-state index contributed by atoms with van der Waals surface area (Å²) in [5.74, 6) is -0.0418. The van der Waals surface area contributed by atoms with Crippen LogP contribution in [-0.2, 0) is 0 Å². The summed E-state index contributed by atoms with van der Waals surface area (Å²) in [7, 11) is 1.36. The molecule has 1 aliphatic heterocycles. The zero-order valence-corrected chi connectivity index (χ0v) is 13.6. The highest BCUT2D eigenvalue weighted by molar-refractivity contribution is 5.95. The maximum Gasteiger partial charge on any atom is 0.311 e. The molecule has 0 saturated carbocycles. The number of ether oxygens (including phenoxy) is 1. The number of nitro groups is 1. The fourth-order valence-corrected chi connectivity index (χ4v) is 2.44. The van der Waals surface area contributed by atoms with Crippen LogP contribution in [0.3, 0.4) is 0 Å². The van der Waals surface area contributed by atoms with Crippen molar-refractivity contribution in [3.8, 4) is 5.75 Å². The van der Waals surface area contributed by atoms with Gasteiger partial charge in [0.25, 0.3) is 5.91 Å². The number of rotatable bonds is 3. The van der Waals surface area contributed by atoms with Gasteiger partial charge in [0, 0.05) is 36.8 Å². The van der Waals surface area contributed by atoms with E-state index in [0.717, 1.165) is 0 Å². The molecule has 22 heavy (non-hydrogen) atoms. The molecular weight excluding hydrogens is 310 g/mol. The van der Waals surface area contributed by atoms with E-state index in [-0.39, 0.29) is 41.8 Å². The normalized spacial score (nSPS) is 21.0. The van der Waals surface area contributed by atoms with Gasteiger partial charge in [-0.25, -0.2) is 0 Å². The highest BCUT2D eigenvalue weighted by Crippen LogP contribution is 2.28. The van der Waals surface area contributed by atoms with Crippen LogP contribution in [0.2, 0.25) is 0 Å². The van der Waals surface area contributed by atoms with Crippen LogP contribution in [-0.4, -0.2) is 48.0 Å². The lowest BCUT2D eigenvalue weighted by atomic mass is 10.1. The highest BCUT2D eigenvalue weighted by Gasteiger charge is 2.28. The fourth-order valence-electron chi connectivity index (χ4n) is 2.44. The van der Waals surface area contributed by atoms with E-state index in [9.17, 15) is 14.9 Å². The van der Waals surface area contributed by atoms with Crippen molar-refractivity contribution in [3.05, 3.63) is 33.9 Å². The third-order valence-corrected chi connectivity index (χ3v) is 3.65. The average Bonchev–Trinajstić information content (AvgIpc) is 2.48. The molecule has 1 aliphatic rings. The minimum atomic E-state index is -0.542. The summed E-state index contributed by atoms with van der Waals surface area (Å²) in [6.45, 7) is 5.25. The van der Waals surface area contributed by atoms with E-state index < -0.39 is 4.92 Å². The van der Waals surface area contributed by atoms with Crippen LogP contribution in [0.4, 0.5) is 5.69 Å². The average molecular weight is 330 g/mol. The predicted octanol–water partition coefficient (Wildman–Crippen LogP) is 1.85. The third kappa shape index (κ3) is 3.66. The molecule has 0 aliphatic carbocycles. The second-order valence-corrected chi connectivity index (χ2v) is 5.26. The minimum absolute atomic E-state index is 0. The molecule has 1 aromatic rings. The Bertz CT molecular complexity index is 567. The van der Waals surface area contributed by atoms with Crippen LogP contribution < -0.4 is 10.1 Å². The molecule has 0 spiro atoms. The number of benzene rings is 1. The van der Waals surface area contributed by atoms with Crippen molar-refractivity contribution >= 4 is 24.0 Å². The van der Waals surface area contributed by atoms with Crippen molar-refractivity contribution in [2.45, 2.75) is 25.9 Å². The number of carbonyl (C=O) groups excluding carboxylic acids is 1.